The maximum absolute atomic E-state index is 12.3. The summed E-state index contributed by atoms with van der Waals surface area (Å²) < 4.78 is 10.7. The molecule has 62 heavy (non-hydrogen) atoms. The summed E-state index contributed by atoms with van der Waals surface area (Å²) in [6, 6.07) is 0. The molecule has 1 N–H and O–H groups in total. The fourth-order valence-electron chi connectivity index (χ4n) is 8.79. The van der Waals surface area contributed by atoms with Gasteiger partial charge in [-0.05, 0) is 38.5 Å². The van der Waals surface area contributed by atoms with Crippen LogP contribution >= 0.6 is 0 Å². The summed E-state index contributed by atoms with van der Waals surface area (Å²) in [6.45, 7) is 4.19. The Morgan fingerprint density at radius 3 is 0.871 bits per heavy atom. The molecule has 0 radical (unpaired) electrons. The number of ether oxygens (including phenoxy) is 2. The number of unbranched alkanes of at least 4 members (excludes halogenated alkanes) is 43. The molecule has 0 aliphatic rings. The Labute approximate surface area is 388 Å². The van der Waals surface area contributed by atoms with E-state index in [-0.39, 0.29) is 25.2 Å². The highest BCUT2D eigenvalue weighted by Crippen LogP contribution is 2.18. The highest BCUT2D eigenvalue weighted by atomic mass is 16.6. The molecule has 0 amide bonds. The van der Waals surface area contributed by atoms with E-state index in [2.05, 4.69) is 26.0 Å². The molecule has 0 bridgehead atoms. The van der Waals surface area contributed by atoms with E-state index in [4.69, 9.17) is 9.47 Å². The van der Waals surface area contributed by atoms with Gasteiger partial charge in [0, 0.05) is 12.8 Å². The van der Waals surface area contributed by atoms with Crippen LogP contribution in [0.4, 0.5) is 0 Å². The van der Waals surface area contributed by atoms with Crippen molar-refractivity contribution in [1.29, 1.82) is 0 Å². The zero-order valence-corrected chi connectivity index (χ0v) is 42.2. The van der Waals surface area contributed by atoms with E-state index >= 15 is 0 Å². The van der Waals surface area contributed by atoms with Crippen LogP contribution in [0, 0.1) is 0 Å². The van der Waals surface area contributed by atoms with Crippen LogP contribution in [0.3, 0.4) is 0 Å². The Bertz CT molecular complexity index is 902. The van der Waals surface area contributed by atoms with Crippen LogP contribution in [0.1, 0.15) is 322 Å². The molecular weight excluding hydrogens is 765 g/mol. The van der Waals surface area contributed by atoms with Crippen LogP contribution in [0.25, 0.3) is 0 Å². The van der Waals surface area contributed by atoms with Crippen molar-refractivity contribution in [3.63, 3.8) is 0 Å². The summed E-state index contributed by atoms with van der Waals surface area (Å²) >= 11 is 0. The highest BCUT2D eigenvalue weighted by Gasteiger charge is 2.16. The lowest BCUT2D eigenvalue weighted by Gasteiger charge is -2.15. The van der Waals surface area contributed by atoms with Gasteiger partial charge in [0.2, 0.25) is 0 Å². The van der Waals surface area contributed by atoms with E-state index in [1.807, 2.05) is 0 Å². The largest absolute Gasteiger partial charge is 0.462 e. The number of aliphatic hydroxyl groups excluding tert-OH is 1. The second kappa shape index (κ2) is 54.0. The lowest BCUT2D eigenvalue weighted by Crippen LogP contribution is -2.28. The summed E-state index contributed by atoms with van der Waals surface area (Å²) in [5.41, 5.74) is 0. The van der Waals surface area contributed by atoms with Gasteiger partial charge in [-0.3, -0.25) is 9.59 Å². The fraction of sp³-hybridized carbons (Fsp3) is 0.930. The minimum atomic E-state index is -0.765. The van der Waals surface area contributed by atoms with Gasteiger partial charge in [0.25, 0.3) is 0 Å². The van der Waals surface area contributed by atoms with Gasteiger partial charge in [0.1, 0.15) is 6.61 Å². The van der Waals surface area contributed by atoms with E-state index in [9.17, 15) is 14.7 Å². The standard InChI is InChI=1S/C57H110O5/c1-3-5-7-9-11-13-15-17-19-20-21-22-23-24-25-26-27-28-29-30-31-32-33-34-35-36-38-40-42-44-46-48-50-52-57(60)62-55(53-58)54-61-56(59)51-49-47-45-43-41-39-37-18-16-14-12-10-8-6-4-2/h20-21,55,58H,3-19,22-54H2,1-2H3/b21-20-. The average molecular weight is 876 g/mol. The van der Waals surface area contributed by atoms with E-state index in [1.54, 1.807) is 0 Å². The van der Waals surface area contributed by atoms with Gasteiger partial charge in [-0.1, -0.05) is 283 Å². The van der Waals surface area contributed by atoms with Gasteiger partial charge >= 0.3 is 11.9 Å². The van der Waals surface area contributed by atoms with E-state index in [0.29, 0.717) is 12.8 Å². The van der Waals surface area contributed by atoms with Crippen molar-refractivity contribution in [3.8, 4) is 0 Å². The number of esters is 2. The Hall–Kier alpha value is -1.36. The molecule has 0 heterocycles. The molecule has 0 aliphatic carbocycles. The lowest BCUT2D eigenvalue weighted by molar-refractivity contribution is -0.161. The topological polar surface area (TPSA) is 72.8 Å². The number of carbonyl (C=O) groups is 2. The van der Waals surface area contributed by atoms with Crippen LogP contribution in [-0.2, 0) is 19.1 Å². The van der Waals surface area contributed by atoms with Crippen LogP contribution in [0.5, 0.6) is 0 Å². The molecule has 0 aromatic heterocycles. The third-order valence-electron chi connectivity index (χ3n) is 13.1. The summed E-state index contributed by atoms with van der Waals surface area (Å²) in [6.07, 6.45) is 66.3. The van der Waals surface area contributed by atoms with Gasteiger partial charge < -0.3 is 14.6 Å². The van der Waals surface area contributed by atoms with Crippen molar-refractivity contribution in [2.45, 2.75) is 328 Å². The zero-order chi connectivity index (χ0) is 44.9. The summed E-state index contributed by atoms with van der Waals surface area (Å²) in [5.74, 6) is -0.568. The predicted molar refractivity (Wildman–Crippen MR) is 270 cm³/mol. The molecular formula is C57H110O5. The monoisotopic (exact) mass is 875 g/mol. The Morgan fingerprint density at radius 2 is 0.597 bits per heavy atom. The minimum absolute atomic E-state index is 0.0573. The van der Waals surface area contributed by atoms with Gasteiger partial charge in [-0.15, -0.1) is 0 Å². The van der Waals surface area contributed by atoms with Crippen molar-refractivity contribution in [2.24, 2.45) is 0 Å². The van der Waals surface area contributed by atoms with E-state index in [1.165, 1.54) is 263 Å². The summed E-state index contributed by atoms with van der Waals surface area (Å²) in [4.78, 5) is 24.4. The molecule has 0 aliphatic heterocycles. The first-order chi connectivity index (χ1) is 30.6. The number of hydrogen-bond donors (Lipinski definition) is 1. The molecule has 5 heteroatoms. The van der Waals surface area contributed by atoms with Crippen molar-refractivity contribution < 1.29 is 24.2 Å². The number of aliphatic hydroxyl groups is 1. The second-order valence-electron chi connectivity index (χ2n) is 19.4. The first-order valence-corrected chi connectivity index (χ1v) is 28.2. The molecule has 1 unspecified atom stereocenters. The highest BCUT2D eigenvalue weighted by molar-refractivity contribution is 5.70. The predicted octanol–water partition coefficient (Wildman–Crippen LogP) is 18.8. The Kier molecular flexibility index (Phi) is 52.8. The number of rotatable bonds is 53. The maximum atomic E-state index is 12.3. The van der Waals surface area contributed by atoms with Crippen molar-refractivity contribution in [1.82, 2.24) is 0 Å². The van der Waals surface area contributed by atoms with Crippen LogP contribution < -0.4 is 0 Å². The normalized spacial score (nSPS) is 12.1. The summed E-state index contributed by atoms with van der Waals surface area (Å²) in [7, 11) is 0. The van der Waals surface area contributed by atoms with Gasteiger partial charge in [-0.2, -0.15) is 0 Å². The molecule has 0 aromatic carbocycles. The van der Waals surface area contributed by atoms with Gasteiger partial charge in [0.05, 0.1) is 6.61 Å². The molecule has 0 spiro atoms. The fourth-order valence-corrected chi connectivity index (χ4v) is 8.79. The van der Waals surface area contributed by atoms with Gasteiger partial charge in [0.15, 0.2) is 6.10 Å². The van der Waals surface area contributed by atoms with Crippen LogP contribution in [-0.4, -0.2) is 36.4 Å². The lowest BCUT2D eigenvalue weighted by atomic mass is 10.0. The zero-order valence-electron chi connectivity index (χ0n) is 42.2. The van der Waals surface area contributed by atoms with Crippen molar-refractivity contribution in [2.75, 3.05) is 13.2 Å². The average Bonchev–Trinajstić information content (AvgIpc) is 3.28. The smallest absolute Gasteiger partial charge is 0.306 e. The third-order valence-corrected chi connectivity index (χ3v) is 13.1. The molecule has 0 saturated carbocycles. The minimum Gasteiger partial charge on any atom is -0.462 e. The molecule has 5 nitrogen and oxygen atoms in total. The van der Waals surface area contributed by atoms with E-state index < -0.39 is 6.10 Å². The van der Waals surface area contributed by atoms with Gasteiger partial charge in [-0.25, -0.2) is 0 Å². The maximum Gasteiger partial charge on any atom is 0.306 e. The molecule has 0 fully saturated rings. The molecule has 0 saturated heterocycles. The number of carbonyl (C=O) groups excluding carboxylic acids is 2. The summed E-state index contributed by atoms with van der Waals surface area (Å²) in [5, 5.41) is 9.63. The number of hydrogen-bond acceptors (Lipinski definition) is 5. The van der Waals surface area contributed by atoms with Crippen LogP contribution in [0.15, 0.2) is 12.2 Å². The quantitative estimate of drug-likeness (QED) is 0.0374. The second-order valence-corrected chi connectivity index (χ2v) is 19.4. The van der Waals surface area contributed by atoms with Crippen molar-refractivity contribution >= 4 is 11.9 Å². The first kappa shape index (κ1) is 60.6. The Morgan fingerprint density at radius 1 is 0.355 bits per heavy atom. The Balaban J connectivity index is 3.37. The third kappa shape index (κ3) is 51.3. The molecule has 0 aromatic rings. The van der Waals surface area contributed by atoms with Crippen molar-refractivity contribution in [3.05, 3.63) is 12.2 Å². The van der Waals surface area contributed by atoms with Crippen LogP contribution in [0.2, 0.25) is 0 Å². The molecule has 1 atom stereocenters. The first-order valence-electron chi connectivity index (χ1n) is 28.2. The van der Waals surface area contributed by atoms with E-state index in [0.717, 1.165) is 32.1 Å². The molecule has 0 rings (SSSR count). The number of allylic oxidation sites excluding steroid dienone is 2. The molecule has 368 valence electrons. The SMILES string of the molecule is CCCCCCCCCC/C=C\CCCCCCCCCCCCCCCCCCCCCCCC(=O)OC(CO)COC(=O)CCCCCCCCCCCCCCCCC.